The number of hydrogen-bond acceptors (Lipinski definition) is 6. The van der Waals surface area contributed by atoms with Crippen molar-refractivity contribution in [2.45, 2.75) is 19.1 Å². The Morgan fingerprint density at radius 2 is 1.82 bits per heavy atom. The van der Waals surface area contributed by atoms with E-state index in [1.165, 1.54) is 0 Å². The number of pyridine rings is 1. The maximum absolute atomic E-state index is 13.4. The standard InChI is InChI=1S/C26H29N5O3/c1-34-24-8-7-21(15-22(24)29-16-19-9-11-28-12-10-19)26(33)31-14-13-30(18-23(31)25(27)32)17-20-5-3-2-4-6-20/h2-12,15,23,29H,13-14,16-18H2,1H3,(H2,27,32). The van der Waals surface area contributed by atoms with Crippen molar-refractivity contribution in [1.29, 1.82) is 0 Å². The van der Waals surface area contributed by atoms with Gasteiger partial charge in [0.05, 0.1) is 12.8 Å². The lowest BCUT2D eigenvalue weighted by Gasteiger charge is -2.40. The molecular weight excluding hydrogens is 430 g/mol. The Labute approximate surface area is 199 Å². The Hall–Kier alpha value is -3.91. The Bertz CT molecular complexity index is 1120. The largest absolute Gasteiger partial charge is 0.495 e. The van der Waals surface area contributed by atoms with Crippen LogP contribution in [-0.2, 0) is 17.9 Å². The van der Waals surface area contributed by atoms with Gasteiger partial charge in [-0.3, -0.25) is 19.5 Å². The monoisotopic (exact) mass is 459 g/mol. The van der Waals surface area contributed by atoms with Crippen LogP contribution in [-0.4, -0.2) is 59.4 Å². The van der Waals surface area contributed by atoms with E-state index in [1.807, 2.05) is 30.3 Å². The van der Waals surface area contributed by atoms with Gasteiger partial charge in [0.1, 0.15) is 11.8 Å². The van der Waals surface area contributed by atoms with Gasteiger partial charge >= 0.3 is 0 Å². The highest BCUT2D eigenvalue weighted by atomic mass is 16.5. The van der Waals surface area contributed by atoms with Gasteiger partial charge in [-0.25, -0.2) is 0 Å². The maximum atomic E-state index is 13.4. The number of nitrogens with one attached hydrogen (secondary N) is 1. The first-order valence-electron chi connectivity index (χ1n) is 11.2. The Morgan fingerprint density at radius 3 is 2.53 bits per heavy atom. The van der Waals surface area contributed by atoms with Gasteiger partial charge in [-0.15, -0.1) is 0 Å². The van der Waals surface area contributed by atoms with E-state index in [2.05, 4.69) is 27.3 Å². The van der Waals surface area contributed by atoms with Gasteiger partial charge in [0.25, 0.3) is 5.91 Å². The second kappa shape index (κ2) is 10.8. The Morgan fingerprint density at radius 1 is 1.06 bits per heavy atom. The topological polar surface area (TPSA) is 101 Å². The fourth-order valence-corrected chi connectivity index (χ4v) is 4.15. The van der Waals surface area contributed by atoms with E-state index in [0.717, 1.165) is 11.1 Å². The number of carbonyl (C=O) groups is 2. The average molecular weight is 460 g/mol. The number of hydrogen-bond donors (Lipinski definition) is 2. The minimum atomic E-state index is -0.694. The van der Waals surface area contributed by atoms with Crippen LogP contribution in [0.15, 0.2) is 73.1 Å². The number of benzene rings is 2. The van der Waals surface area contributed by atoms with Crippen molar-refractivity contribution in [3.8, 4) is 5.75 Å². The first-order valence-corrected chi connectivity index (χ1v) is 11.2. The number of methoxy groups -OCH3 is 1. The molecule has 0 saturated carbocycles. The van der Waals surface area contributed by atoms with Crippen molar-refractivity contribution in [3.05, 3.63) is 89.7 Å². The zero-order chi connectivity index (χ0) is 23.9. The molecule has 2 aromatic carbocycles. The summed E-state index contributed by atoms with van der Waals surface area (Å²) in [5.41, 5.74) is 9.10. The molecule has 2 heterocycles. The molecule has 1 saturated heterocycles. The minimum absolute atomic E-state index is 0.224. The Balaban J connectivity index is 1.49. The molecule has 0 aliphatic carbocycles. The van der Waals surface area contributed by atoms with Gasteiger partial charge in [-0.2, -0.15) is 0 Å². The Kier molecular flexibility index (Phi) is 7.39. The van der Waals surface area contributed by atoms with Crippen molar-refractivity contribution in [1.82, 2.24) is 14.8 Å². The predicted octanol–water partition coefficient (Wildman–Crippen LogP) is 2.51. The van der Waals surface area contributed by atoms with Crippen LogP contribution in [0.4, 0.5) is 5.69 Å². The van der Waals surface area contributed by atoms with Crippen LogP contribution in [0, 0.1) is 0 Å². The van der Waals surface area contributed by atoms with Crippen LogP contribution in [0.25, 0.3) is 0 Å². The molecule has 1 fully saturated rings. The first-order chi connectivity index (χ1) is 16.5. The highest BCUT2D eigenvalue weighted by Crippen LogP contribution is 2.27. The SMILES string of the molecule is COc1ccc(C(=O)N2CCN(Cc3ccccc3)CC2C(N)=O)cc1NCc1ccncc1. The number of aromatic nitrogens is 1. The summed E-state index contributed by atoms with van der Waals surface area (Å²) in [5.74, 6) is -0.0989. The molecule has 1 aromatic heterocycles. The molecule has 8 nitrogen and oxygen atoms in total. The van der Waals surface area contributed by atoms with Crippen LogP contribution < -0.4 is 15.8 Å². The molecule has 1 aliphatic rings. The third kappa shape index (κ3) is 5.52. The summed E-state index contributed by atoms with van der Waals surface area (Å²) in [5, 5.41) is 3.32. The number of ether oxygens (including phenoxy) is 1. The third-order valence-electron chi connectivity index (χ3n) is 5.98. The van der Waals surface area contributed by atoms with Crippen LogP contribution >= 0.6 is 0 Å². The second-order valence-corrected chi connectivity index (χ2v) is 8.26. The third-order valence-corrected chi connectivity index (χ3v) is 5.98. The van der Waals surface area contributed by atoms with Gasteiger partial charge in [0.15, 0.2) is 0 Å². The molecule has 3 aromatic rings. The smallest absolute Gasteiger partial charge is 0.254 e. The molecule has 4 rings (SSSR count). The number of primary amides is 1. The van der Waals surface area contributed by atoms with Crippen molar-refractivity contribution in [2.24, 2.45) is 5.73 Å². The molecule has 34 heavy (non-hydrogen) atoms. The van der Waals surface area contributed by atoms with Crippen molar-refractivity contribution in [2.75, 3.05) is 32.1 Å². The number of anilines is 1. The molecule has 2 amide bonds. The zero-order valence-electron chi connectivity index (χ0n) is 19.2. The number of carbonyl (C=O) groups excluding carboxylic acids is 2. The first kappa shape index (κ1) is 23.3. The van der Waals surface area contributed by atoms with E-state index in [4.69, 9.17) is 10.5 Å². The second-order valence-electron chi connectivity index (χ2n) is 8.26. The van der Waals surface area contributed by atoms with Crippen LogP contribution in [0.3, 0.4) is 0 Å². The molecular formula is C26H29N5O3. The molecule has 1 aliphatic heterocycles. The molecule has 176 valence electrons. The van der Waals surface area contributed by atoms with Crippen molar-refractivity contribution in [3.63, 3.8) is 0 Å². The number of amides is 2. The highest BCUT2D eigenvalue weighted by molar-refractivity contribution is 5.98. The van der Waals surface area contributed by atoms with E-state index in [1.54, 1.807) is 42.6 Å². The predicted molar refractivity (Wildman–Crippen MR) is 130 cm³/mol. The molecule has 8 heteroatoms. The molecule has 3 N–H and O–H groups in total. The van der Waals surface area contributed by atoms with Gasteiger partial charge in [0, 0.05) is 50.7 Å². The number of rotatable bonds is 8. The van der Waals surface area contributed by atoms with Crippen LogP contribution in [0.5, 0.6) is 5.75 Å². The van der Waals surface area contributed by atoms with E-state index in [9.17, 15) is 9.59 Å². The summed E-state index contributed by atoms with van der Waals surface area (Å²) >= 11 is 0. The zero-order valence-corrected chi connectivity index (χ0v) is 19.2. The normalized spacial score (nSPS) is 16.1. The van der Waals surface area contributed by atoms with Crippen molar-refractivity contribution >= 4 is 17.5 Å². The number of nitrogens with two attached hydrogens (primary N) is 1. The van der Waals surface area contributed by atoms with Gasteiger partial charge in [-0.05, 0) is 41.5 Å². The van der Waals surface area contributed by atoms with Crippen LogP contribution in [0.2, 0.25) is 0 Å². The molecule has 1 unspecified atom stereocenters. The van der Waals surface area contributed by atoms with E-state index in [0.29, 0.717) is 49.7 Å². The lowest BCUT2D eigenvalue weighted by atomic mass is 10.1. The summed E-state index contributed by atoms with van der Waals surface area (Å²) in [6, 6.07) is 18.4. The summed E-state index contributed by atoms with van der Waals surface area (Å²) in [4.78, 5) is 33.5. The lowest BCUT2D eigenvalue weighted by molar-refractivity contribution is -0.124. The van der Waals surface area contributed by atoms with E-state index in [-0.39, 0.29) is 5.91 Å². The molecule has 0 bridgehead atoms. The fraction of sp³-hybridized carbons (Fsp3) is 0.269. The number of piperazine rings is 1. The summed E-state index contributed by atoms with van der Waals surface area (Å²) < 4.78 is 5.46. The van der Waals surface area contributed by atoms with Gasteiger partial charge in [-0.1, -0.05) is 30.3 Å². The minimum Gasteiger partial charge on any atom is -0.495 e. The highest BCUT2D eigenvalue weighted by Gasteiger charge is 2.34. The number of nitrogens with zero attached hydrogens (tertiary/aromatic N) is 3. The molecule has 0 spiro atoms. The fourth-order valence-electron chi connectivity index (χ4n) is 4.15. The van der Waals surface area contributed by atoms with Crippen molar-refractivity contribution < 1.29 is 14.3 Å². The summed E-state index contributed by atoms with van der Waals surface area (Å²) in [6.07, 6.45) is 3.46. The summed E-state index contributed by atoms with van der Waals surface area (Å²) in [7, 11) is 1.59. The van der Waals surface area contributed by atoms with E-state index >= 15 is 0 Å². The molecule has 1 atom stereocenters. The maximum Gasteiger partial charge on any atom is 0.254 e. The quantitative estimate of drug-likeness (QED) is 0.537. The average Bonchev–Trinajstić information content (AvgIpc) is 2.88. The van der Waals surface area contributed by atoms with Crippen LogP contribution in [0.1, 0.15) is 21.5 Å². The van der Waals surface area contributed by atoms with E-state index < -0.39 is 11.9 Å². The lowest BCUT2D eigenvalue weighted by Crippen LogP contribution is -2.59. The summed E-state index contributed by atoms with van der Waals surface area (Å²) in [6.45, 7) is 2.74. The molecule has 0 radical (unpaired) electrons. The van der Waals surface area contributed by atoms with Gasteiger partial charge < -0.3 is 20.7 Å². The van der Waals surface area contributed by atoms with Gasteiger partial charge in [0.2, 0.25) is 5.91 Å².